The van der Waals surface area contributed by atoms with Gasteiger partial charge in [0, 0.05) is 37.4 Å². The van der Waals surface area contributed by atoms with Crippen LogP contribution in [-0.2, 0) is 15.7 Å². The third-order valence-corrected chi connectivity index (χ3v) is 4.14. The van der Waals surface area contributed by atoms with Crippen LogP contribution in [0.25, 0.3) is 0 Å². The number of alkyl halides is 3. The molecule has 1 aromatic rings. The lowest BCUT2D eigenvalue weighted by molar-refractivity contribution is -0.145. The maximum Gasteiger partial charge on any atom is 0.433 e. The number of nitrogens with zero attached hydrogens (tertiary/aromatic N) is 3. The summed E-state index contributed by atoms with van der Waals surface area (Å²) >= 11 is 5.58. The summed E-state index contributed by atoms with van der Waals surface area (Å²) in [5.41, 5.74) is -1.06. The molecule has 0 radical (unpaired) electrons. The first-order valence-corrected chi connectivity index (χ1v) is 7.23. The Balaban J connectivity index is 1.69. The summed E-state index contributed by atoms with van der Waals surface area (Å²) in [6, 6.07) is 0.893. The van der Waals surface area contributed by atoms with Crippen molar-refractivity contribution in [1.82, 2.24) is 9.97 Å². The number of ether oxygens (including phenoxy) is 1. The van der Waals surface area contributed by atoms with Gasteiger partial charge in [-0.05, 0) is 11.6 Å². The molecule has 0 bridgehead atoms. The van der Waals surface area contributed by atoms with Gasteiger partial charge in [0.15, 0.2) is 5.69 Å². The number of rotatable bonds is 3. The molecule has 1 aliphatic carbocycles. The average molecular weight is 336 g/mol. The predicted molar refractivity (Wildman–Crippen MR) is 71.4 cm³/mol. The first-order chi connectivity index (χ1) is 10.3. The standard InChI is InChI=1S/C13H13ClF3N3O2/c1-2-10(21)22-11-6-4-20(5-7(6)11)9-3-8(13(15,16)17)18-12(14)19-9/h3,6-7,11H,2,4-5H2,1H3. The van der Waals surface area contributed by atoms with E-state index in [1.807, 2.05) is 0 Å². The molecule has 0 amide bonds. The number of fused-ring (bicyclic) bond motifs is 1. The maximum absolute atomic E-state index is 12.7. The van der Waals surface area contributed by atoms with Crippen molar-refractivity contribution in [3.8, 4) is 0 Å². The lowest BCUT2D eigenvalue weighted by Gasteiger charge is -2.21. The minimum atomic E-state index is -4.57. The normalized spacial score (nSPS) is 26.8. The van der Waals surface area contributed by atoms with Gasteiger partial charge in [-0.2, -0.15) is 13.2 Å². The van der Waals surface area contributed by atoms with Gasteiger partial charge in [0.05, 0.1) is 0 Å². The van der Waals surface area contributed by atoms with Crippen LogP contribution in [0.4, 0.5) is 19.0 Å². The van der Waals surface area contributed by atoms with Crippen molar-refractivity contribution in [3.63, 3.8) is 0 Å². The number of halogens is 4. The third kappa shape index (κ3) is 2.84. The molecular formula is C13H13ClF3N3O2. The molecule has 1 saturated heterocycles. The van der Waals surface area contributed by atoms with Gasteiger partial charge in [0.2, 0.25) is 5.28 Å². The fourth-order valence-corrected chi connectivity index (χ4v) is 2.96. The number of aromatic nitrogens is 2. The van der Waals surface area contributed by atoms with Gasteiger partial charge < -0.3 is 9.64 Å². The van der Waals surface area contributed by atoms with E-state index < -0.39 is 17.2 Å². The Kier molecular flexibility index (Phi) is 3.66. The van der Waals surface area contributed by atoms with E-state index in [4.69, 9.17) is 16.3 Å². The van der Waals surface area contributed by atoms with Crippen molar-refractivity contribution >= 4 is 23.4 Å². The topological polar surface area (TPSA) is 55.3 Å². The highest BCUT2D eigenvalue weighted by Gasteiger charge is 2.59. The fourth-order valence-electron chi connectivity index (χ4n) is 2.78. The predicted octanol–water partition coefficient (Wildman–Crippen LogP) is 2.54. The second-order valence-electron chi connectivity index (χ2n) is 5.42. The van der Waals surface area contributed by atoms with E-state index in [1.165, 1.54) is 0 Å². The van der Waals surface area contributed by atoms with Crippen LogP contribution in [-0.4, -0.2) is 35.1 Å². The number of anilines is 1. The molecule has 5 nitrogen and oxygen atoms in total. The molecule has 0 N–H and O–H groups in total. The number of carbonyl (C=O) groups excluding carboxylic acids is 1. The van der Waals surface area contributed by atoms with Gasteiger partial charge >= 0.3 is 12.1 Å². The molecule has 3 rings (SSSR count). The van der Waals surface area contributed by atoms with Gasteiger partial charge in [0.1, 0.15) is 11.9 Å². The molecule has 2 heterocycles. The number of hydrogen-bond donors (Lipinski definition) is 0. The molecule has 0 aromatic carbocycles. The van der Waals surface area contributed by atoms with Crippen molar-refractivity contribution < 1.29 is 22.7 Å². The van der Waals surface area contributed by atoms with E-state index >= 15 is 0 Å². The summed E-state index contributed by atoms with van der Waals surface area (Å²) in [4.78, 5) is 20.0. The first kappa shape index (κ1) is 15.3. The third-order valence-electron chi connectivity index (χ3n) is 3.97. The minimum Gasteiger partial charge on any atom is -0.462 e. The smallest absolute Gasteiger partial charge is 0.433 e. The second kappa shape index (κ2) is 5.26. The molecular weight excluding hydrogens is 323 g/mol. The Morgan fingerprint density at radius 2 is 2.05 bits per heavy atom. The highest BCUT2D eigenvalue weighted by atomic mass is 35.5. The summed E-state index contributed by atoms with van der Waals surface area (Å²) in [6.45, 7) is 2.71. The Bertz CT molecular complexity index is 599. The van der Waals surface area contributed by atoms with Crippen LogP contribution >= 0.6 is 11.6 Å². The van der Waals surface area contributed by atoms with Crippen LogP contribution < -0.4 is 4.90 Å². The van der Waals surface area contributed by atoms with Crippen molar-refractivity contribution in [2.75, 3.05) is 18.0 Å². The number of carbonyl (C=O) groups is 1. The Morgan fingerprint density at radius 1 is 1.41 bits per heavy atom. The van der Waals surface area contributed by atoms with Crippen LogP contribution in [0.1, 0.15) is 19.0 Å². The van der Waals surface area contributed by atoms with Crippen molar-refractivity contribution in [2.24, 2.45) is 11.8 Å². The Morgan fingerprint density at radius 3 is 2.59 bits per heavy atom. The van der Waals surface area contributed by atoms with E-state index in [2.05, 4.69) is 9.97 Å². The fraction of sp³-hybridized carbons (Fsp3) is 0.615. The molecule has 2 aliphatic rings. The Hall–Kier alpha value is -1.57. The number of piperidine rings is 1. The molecule has 120 valence electrons. The van der Waals surface area contributed by atoms with Gasteiger partial charge in [-0.15, -0.1) is 0 Å². The second-order valence-corrected chi connectivity index (χ2v) is 5.76. The van der Waals surface area contributed by atoms with Crippen LogP contribution in [0.2, 0.25) is 5.28 Å². The summed E-state index contributed by atoms with van der Waals surface area (Å²) in [5.74, 6) is 0.202. The molecule has 1 aliphatic heterocycles. The first-order valence-electron chi connectivity index (χ1n) is 6.85. The van der Waals surface area contributed by atoms with Crippen LogP contribution in [0.3, 0.4) is 0 Å². The molecule has 2 unspecified atom stereocenters. The maximum atomic E-state index is 12.7. The van der Waals surface area contributed by atoms with Crippen LogP contribution in [0.15, 0.2) is 6.07 Å². The van der Waals surface area contributed by atoms with Crippen molar-refractivity contribution in [2.45, 2.75) is 25.6 Å². The van der Waals surface area contributed by atoms with Crippen molar-refractivity contribution in [3.05, 3.63) is 17.0 Å². The van der Waals surface area contributed by atoms with E-state index in [0.717, 1.165) is 6.07 Å². The average Bonchev–Trinajstić information content (AvgIpc) is 2.89. The zero-order valence-corrected chi connectivity index (χ0v) is 12.4. The number of esters is 1. The van der Waals surface area contributed by atoms with Crippen molar-refractivity contribution in [1.29, 1.82) is 0 Å². The molecule has 1 saturated carbocycles. The molecule has 0 spiro atoms. The molecule has 1 aromatic heterocycles. The summed E-state index contributed by atoms with van der Waals surface area (Å²) in [6.07, 6.45) is -4.37. The highest BCUT2D eigenvalue weighted by Crippen LogP contribution is 2.49. The van der Waals surface area contributed by atoms with E-state index in [0.29, 0.717) is 19.5 Å². The van der Waals surface area contributed by atoms with Crippen LogP contribution in [0.5, 0.6) is 0 Å². The monoisotopic (exact) mass is 335 g/mol. The molecule has 9 heteroatoms. The Labute approximate surface area is 129 Å². The highest BCUT2D eigenvalue weighted by molar-refractivity contribution is 6.28. The largest absolute Gasteiger partial charge is 0.462 e. The zero-order chi connectivity index (χ0) is 16.1. The lowest BCUT2D eigenvalue weighted by Crippen LogP contribution is -2.28. The minimum absolute atomic E-state index is 0.122. The zero-order valence-electron chi connectivity index (χ0n) is 11.6. The molecule has 22 heavy (non-hydrogen) atoms. The SMILES string of the molecule is CCC(=O)OC1C2CN(c3cc(C(F)(F)F)nc(Cl)n3)CC21. The van der Waals surface area contributed by atoms with E-state index in [9.17, 15) is 18.0 Å². The van der Waals surface area contributed by atoms with Gasteiger partial charge in [-0.3, -0.25) is 4.79 Å². The number of hydrogen-bond acceptors (Lipinski definition) is 5. The summed E-state index contributed by atoms with van der Waals surface area (Å²) in [5, 5.41) is -0.431. The van der Waals surface area contributed by atoms with Gasteiger partial charge in [-0.1, -0.05) is 6.92 Å². The lowest BCUT2D eigenvalue weighted by atomic mass is 10.3. The summed E-state index contributed by atoms with van der Waals surface area (Å²) < 4.78 is 43.5. The van der Waals surface area contributed by atoms with E-state index in [-0.39, 0.29) is 29.7 Å². The van der Waals surface area contributed by atoms with Gasteiger partial charge in [-0.25, -0.2) is 9.97 Å². The quantitative estimate of drug-likeness (QED) is 0.627. The van der Waals surface area contributed by atoms with Gasteiger partial charge in [0.25, 0.3) is 0 Å². The molecule has 2 atom stereocenters. The van der Waals surface area contributed by atoms with E-state index in [1.54, 1.807) is 11.8 Å². The summed E-state index contributed by atoms with van der Waals surface area (Å²) in [7, 11) is 0. The molecule has 2 fully saturated rings. The van der Waals surface area contributed by atoms with Crippen LogP contribution in [0, 0.1) is 11.8 Å².